The van der Waals surface area contributed by atoms with Crippen molar-refractivity contribution in [3.8, 4) is 0 Å². The Labute approximate surface area is 120 Å². The number of hydrogen-bond donors (Lipinski definition) is 2. The number of aryl methyl sites for hydroxylation is 1. The number of rotatable bonds is 6. The van der Waals surface area contributed by atoms with Gasteiger partial charge in [0.15, 0.2) is 0 Å². The van der Waals surface area contributed by atoms with Gasteiger partial charge in [-0.3, -0.25) is 4.90 Å². The highest BCUT2D eigenvalue weighted by molar-refractivity contribution is 5.88. The summed E-state index contributed by atoms with van der Waals surface area (Å²) in [5, 5.41) is 12.4. The van der Waals surface area contributed by atoms with E-state index >= 15 is 0 Å². The number of nitrogens with zero attached hydrogens (tertiary/aromatic N) is 2. The monoisotopic (exact) mass is 277 g/mol. The molecule has 1 aromatic heterocycles. The normalized spacial score (nSPS) is 19.2. The Hall–Kier alpha value is -1.62. The van der Waals surface area contributed by atoms with Crippen LogP contribution < -0.4 is 5.32 Å². The van der Waals surface area contributed by atoms with Crippen LogP contribution in [0, 0.1) is 0 Å². The topological polar surface area (TPSA) is 65.5 Å². The molecule has 2 heterocycles. The lowest BCUT2D eigenvalue weighted by Crippen LogP contribution is -2.34. The SMILES string of the molecule is CCc1cc(C(=O)O)cc(NCC2CCCN2CC)n1. The summed E-state index contributed by atoms with van der Waals surface area (Å²) >= 11 is 0. The Balaban J connectivity index is 2.05. The van der Waals surface area contributed by atoms with Crippen molar-refractivity contribution >= 4 is 11.8 Å². The molecule has 1 atom stereocenters. The second-order valence-electron chi connectivity index (χ2n) is 5.20. The van der Waals surface area contributed by atoms with E-state index in [1.165, 1.54) is 12.8 Å². The molecule has 1 aromatic rings. The van der Waals surface area contributed by atoms with Crippen molar-refractivity contribution in [1.82, 2.24) is 9.88 Å². The zero-order valence-electron chi connectivity index (χ0n) is 12.2. The van der Waals surface area contributed by atoms with Gasteiger partial charge in [-0.15, -0.1) is 0 Å². The largest absolute Gasteiger partial charge is 0.478 e. The van der Waals surface area contributed by atoms with Crippen molar-refractivity contribution in [2.24, 2.45) is 0 Å². The first kappa shape index (κ1) is 14.8. The Bertz CT molecular complexity index is 476. The first-order chi connectivity index (χ1) is 9.63. The van der Waals surface area contributed by atoms with Gasteiger partial charge in [-0.1, -0.05) is 13.8 Å². The number of hydrogen-bond acceptors (Lipinski definition) is 4. The summed E-state index contributed by atoms with van der Waals surface area (Å²) < 4.78 is 0. The van der Waals surface area contributed by atoms with E-state index in [1.807, 2.05) is 6.92 Å². The number of pyridine rings is 1. The molecule has 0 bridgehead atoms. The summed E-state index contributed by atoms with van der Waals surface area (Å²) in [5.41, 5.74) is 1.12. The highest BCUT2D eigenvalue weighted by Gasteiger charge is 2.22. The van der Waals surface area contributed by atoms with Crippen molar-refractivity contribution in [3.63, 3.8) is 0 Å². The molecule has 0 radical (unpaired) electrons. The molecule has 5 nitrogen and oxygen atoms in total. The summed E-state index contributed by atoms with van der Waals surface area (Å²) in [6, 6.07) is 3.79. The van der Waals surface area contributed by atoms with Gasteiger partial charge in [0.1, 0.15) is 5.82 Å². The van der Waals surface area contributed by atoms with Crippen LogP contribution >= 0.6 is 0 Å². The Morgan fingerprint density at radius 3 is 2.95 bits per heavy atom. The number of likely N-dealkylation sites (tertiary alicyclic amines) is 1. The van der Waals surface area contributed by atoms with Crippen LogP contribution in [0.3, 0.4) is 0 Å². The fourth-order valence-electron chi connectivity index (χ4n) is 2.75. The van der Waals surface area contributed by atoms with E-state index in [1.54, 1.807) is 12.1 Å². The number of carboxylic acid groups (broad SMARTS) is 1. The lowest BCUT2D eigenvalue weighted by Gasteiger charge is -2.23. The summed E-state index contributed by atoms with van der Waals surface area (Å²) in [5.74, 6) is -0.231. The zero-order chi connectivity index (χ0) is 14.5. The molecule has 1 unspecified atom stereocenters. The third-order valence-electron chi connectivity index (χ3n) is 3.91. The van der Waals surface area contributed by atoms with Gasteiger partial charge in [-0.05, 0) is 44.5 Å². The number of anilines is 1. The predicted molar refractivity (Wildman–Crippen MR) is 79.3 cm³/mol. The molecule has 0 aliphatic carbocycles. The Kier molecular flexibility index (Phi) is 4.95. The van der Waals surface area contributed by atoms with E-state index in [4.69, 9.17) is 5.11 Å². The van der Waals surface area contributed by atoms with Crippen LogP contribution in [0.2, 0.25) is 0 Å². The minimum absolute atomic E-state index is 0.304. The highest BCUT2D eigenvalue weighted by atomic mass is 16.4. The number of likely N-dealkylation sites (N-methyl/N-ethyl adjacent to an activating group) is 1. The van der Waals surface area contributed by atoms with Crippen LogP contribution in [-0.2, 0) is 6.42 Å². The maximum atomic E-state index is 11.1. The molecule has 0 aromatic carbocycles. The third kappa shape index (κ3) is 3.48. The smallest absolute Gasteiger partial charge is 0.335 e. The molecular formula is C15H23N3O2. The molecule has 0 spiro atoms. The molecule has 1 fully saturated rings. The van der Waals surface area contributed by atoms with Crippen molar-refractivity contribution in [3.05, 3.63) is 23.4 Å². The number of aromatic nitrogens is 1. The molecule has 5 heteroatoms. The lowest BCUT2D eigenvalue weighted by molar-refractivity contribution is 0.0696. The van der Waals surface area contributed by atoms with Gasteiger partial charge in [0.2, 0.25) is 0 Å². The fourth-order valence-corrected chi connectivity index (χ4v) is 2.75. The molecule has 0 saturated carbocycles. The Morgan fingerprint density at radius 1 is 1.50 bits per heavy atom. The number of carbonyl (C=O) groups is 1. The summed E-state index contributed by atoms with van der Waals surface area (Å²) in [4.78, 5) is 18.0. The second-order valence-corrected chi connectivity index (χ2v) is 5.20. The van der Waals surface area contributed by atoms with E-state index in [0.29, 0.717) is 17.4 Å². The van der Waals surface area contributed by atoms with Gasteiger partial charge in [-0.2, -0.15) is 0 Å². The van der Waals surface area contributed by atoms with Gasteiger partial charge >= 0.3 is 5.97 Å². The third-order valence-corrected chi connectivity index (χ3v) is 3.91. The number of aromatic carboxylic acids is 1. The lowest BCUT2D eigenvalue weighted by atomic mass is 10.2. The maximum absolute atomic E-state index is 11.1. The minimum atomic E-state index is -0.902. The first-order valence-corrected chi connectivity index (χ1v) is 7.36. The summed E-state index contributed by atoms with van der Waals surface area (Å²) in [6.07, 6.45) is 3.17. The molecule has 2 N–H and O–H groups in total. The zero-order valence-corrected chi connectivity index (χ0v) is 12.2. The average molecular weight is 277 g/mol. The van der Waals surface area contributed by atoms with Gasteiger partial charge in [0.25, 0.3) is 0 Å². The molecule has 2 rings (SSSR count). The average Bonchev–Trinajstić information content (AvgIpc) is 2.92. The maximum Gasteiger partial charge on any atom is 0.335 e. The van der Waals surface area contributed by atoms with Crippen LogP contribution in [0.15, 0.2) is 12.1 Å². The van der Waals surface area contributed by atoms with Gasteiger partial charge < -0.3 is 10.4 Å². The molecular weight excluding hydrogens is 254 g/mol. The van der Waals surface area contributed by atoms with Gasteiger partial charge in [0.05, 0.1) is 5.56 Å². The van der Waals surface area contributed by atoms with Crippen LogP contribution in [0.1, 0.15) is 42.7 Å². The number of carboxylic acids is 1. The molecule has 1 aliphatic rings. The minimum Gasteiger partial charge on any atom is -0.478 e. The Morgan fingerprint density at radius 2 is 2.30 bits per heavy atom. The molecule has 20 heavy (non-hydrogen) atoms. The number of nitrogens with one attached hydrogen (secondary N) is 1. The van der Waals surface area contributed by atoms with E-state index in [2.05, 4.69) is 22.1 Å². The standard InChI is InChI=1S/C15H23N3O2/c1-3-12-8-11(15(19)20)9-14(17-12)16-10-13-6-5-7-18(13)4-2/h8-9,13H,3-7,10H2,1-2H3,(H,16,17)(H,19,20). The van der Waals surface area contributed by atoms with Crippen LogP contribution in [-0.4, -0.2) is 46.6 Å². The first-order valence-electron chi connectivity index (χ1n) is 7.36. The summed E-state index contributed by atoms with van der Waals surface area (Å²) in [7, 11) is 0. The summed E-state index contributed by atoms with van der Waals surface area (Å²) in [6.45, 7) is 7.21. The second kappa shape index (κ2) is 6.70. The van der Waals surface area contributed by atoms with Crippen LogP contribution in [0.25, 0.3) is 0 Å². The van der Waals surface area contributed by atoms with E-state index in [9.17, 15) is 4.79 Å². The fraction of sp³-hybridized carbons (Fsp3) is 0.600. The molecule has 110 valence electrons. The van der Waals surface area contributed by atoms with Gasteiger partial charge in [0, 0.05) is 18.3 Å². The van der Waals surface area contributed by atoms with Crippen molar-refractivity contribution < 1.29 is 9.90 Å². The predicted octanol–water partition coefficient (Wildman–Crippen LogP) is 2.24. The van der Waals surface area contributed by atoms with Crippen molar-refractivity contribution in [1.29, 1.82) is 0 Å². The van der Waals surface area contributed by atoms with Gasteiger partial charge in [-0.25, -0.2) is 9.78 Å². The molecule has 1 saturated heterocycles. The van der Waals surface area contributed by atoms with Crippen LogP contribution in [0.5, 0.6) is 0 Å². The quantitative estimate of drug-likeness (QED) is 0.835. The van der Waals surface area contributed by atoms with Crippen LogP contribution in [0.4, 0.5) is 5.82 Å². The van der Waals surface area contributed by atoms with E-state index in [-0.39, 0.29) is 0 Å². The molecule has 0 amide bonds. The molecule has 1 aliphatic heterocycles. The van der Waals surface area contributed by atoms with E-state index in [0.717, 1.165) is 31.7 Å². The highest BCUT2D eigenvalue weighted by Crippen LogP contribution is 2.18. The van der Waals surface area contributed by atoms with Crippen molar-refractivity contribution in [2.45, 2.75) is 39.2 Å². The van der Waals surface area contributed by atoms with Crippen molar-refractivity contribution in [2.75, 3.05) is 25.0 Å². The van der Waals surface area contributed by atoms with E-state index < -0.39 is 5.97 Å².